The number of thioether (sulfide) groups is 1. The van der Waals surface area contributed by atoms with Gasteiger partial charge in [-0.2, -0.15) is 0 Å². The van der Waals surface area contributed by atoms with Gasteiger partial charge < -0.3 is 10.3 Å². The van der Waals surface area contributed by atoms with Crippen molar-refractivity contribution in [3.63, 3.8) is 0 Å². The molecule has 0 saturated heterocycles. The van der Waals surface area contributed by atoms with Crippen LogP contribution in [0.3, 0.4) is 0 Å². The third-order valence-electron chi connectivity index (χ3n) is 6.44. The van der Waals surface area contributed by atoms with Gasteiger partial charge in [-0.15, -0.1) is 0 Å². The Morgan fingerprint density at radius 1 is 1.17 bits per heavy atom. The summed E-state index contributed by atoms with van der Waals surface area (Å²) in [5, 5.41) is 15.0. The topological polar surface area (TPSA) is 118 Å². The minimum absolute atomic E-state index is 0.103. The maximum Gasteiger partial charge on any atom is 0.269 e. The lowest BCUT2D eigenvalue weighted by molar-refractivity contribution is -0.384. The van der Waals surface area contributed by atoms with Crippen LogP contribution in [0, 0.1) is 21.3 Å². The zero-order valence-electron chi connectivity index (χ0n) is 19.6. The van der Waals surface area contributed by atoms with Crippen LogP contribution in [0.15, 0.2) is 69.8 Å². The number of fused-ring (bicyclic) bond motifs is 1. The van der Waals surface area contributed by atoms with E-state index in [2.05, 4.69) is 15.3 Å². The highest BCUT2D eigenvalue weighted by Crippen LogP contribution is 2.48. The minimum atomic E-state index is -0.790. The van der Waals surface area contributed by atoms with Crippen molar-refractivity contribution in [1.29, 1.82) is 0 Å². The molecule has 1 atom stereocenters. The van der Waals surface area contributed by atoms with Crippen molar-refractivity contribution < 1.29 is 14.1 Å². The number of aromatic amines is 1. The van der Waals surface area contributed by atoms with E-state index in [0.29, 0.717) is 46.2 Å². The molecule has 1 aromatic heterocycles. The predicted molar refractivity (Wildman–Crippen MR) is 134 cm³/mol. The molecular formula is C26H23FN4O4S. The molecule has 0 fully saturated rings. The molecule has 1 unspecified atom stereocenters. The van der Waals surface area contributed by atoms with E-state index >= 15 is 0 Å². The van der Waals surface area contributed by atoms with Crippen molar-refractivity contribution in [3.8, 4) is 0 Å². The van der Waals surface area contributed by atoms with E-state index < -0.39 is 16.4 Å². The first-order chi connectivity index (χ1) is 17.1. The number of hydrogen-bond acceptors (Lipinski definition) is 7. The number of anilines is 1. The van der Waals surface area contributed by atoms with Crippen LogP contribution in [-0.2, 0) is 10.5 Å². The number of non-ortho nitro benzene ring substituents is 1. The molecule has 1 aliphatic heterocycles. The number of carbonyl (C=O) groups is 1. The fourth-order valence-electron chi connectivity index (χ4n) is 4.87. The smallest absolute Gasteiger partial charge is 0.269 e. The van der Waals surface area contributed by atoms with Crippen LogP contribution < -0.4 is 10.9 Å². The van der Waals surface area contributed by atoms with Crippen LogP contribution in [0.5, 0.6) is 0 Å². The Labute approximate surface area is 210 Å². The van der Waals surface area contributed by atoms with E-state index in [0.717, 1.165) is 0 Å². The molecule has 184 valence electrons. The Morgan fingerprint density at radius 3 is 2.69 bits per heavy atom. The second-order valence-electron chi connectivity index (χ2n) is 9.76. The predicted octanol–water partition coefficient (Wildman–Crippen LogP) is 5.31. The lowest BCUT2D eigenvalue weighted by atomic mass is 9.69. The van der Waals surface area contributed by atoms with Crippen LogP contribution in [0.2, 0.25) is 0 Å². The molecule has 10 heteroatoms. The molecule has 2 aromatic carbocycles. The van der Waals surface area contributed by atoms with E-state index in [1.807, 2.05) is 13.8 Å². The van der Waals surface area contributed by atoms with Crippen LogP contribution >= 0.6 is 11.8 Å². The number of allylic oxidation sites excluding steroid dienone is 2. The average molecular weight is 507 g/mol. The van der Waals surface area contributed by atoms with Crippen LogP contribution in [0.4, 0.5) is 15.9 Å². The normalized spacial score (nSPS) is 18.3. The summed E-state index contributed by atoms with van der Waals surface area (Å²) in [4.78, 5) is 45.0. The number of nitro benzene ring substituents is 1. The Kier molecular flexibility index (Phi) is 5.99. The van der Waals surface area contributed by atoms with Gasteiger partial charge in [0.1, 0.15) is 11.6 Å². The molecule has 3 aromatic rings. The van der Waals surface area contributed by atoms with Crippen molar-refractivity contribution in [3.05, 3.63) is 103 Å². The number of hydrogen-bond donors (Lipinski definition) is 2. The van der Waals surface area contributed by atoms with E-state index in [-0.39, 0.29) is 34.0 Å². The molecule has 2 heterocycles. The molecule has 0 saturated carbocycles. The number of aromatic nitrogens is 2. The van der Waals surface area contributed by atoms with Gasteiger partial charge in [0.05, 0.1) is 10.5 Å². The molecule has 36 heavy (non-hydrogen) atoms. The first-order valence-electron chi connectivity index (χ1n) is 11.4. The summed E-state index contributed by atoms with van der Waals surface area (Å²) < 4.78 is 14.1. The molecular weight excluding hydrogens is 483 g/mol. The fourth-order valence-corrected chi connectivity index (χ4v) is 5.72. The molecule has 0 bridgehead atoms. The largest absolute Gasteiger partial charge is 0.343 e. The van der Waals surface area contributed by atoms with Gasteiger partial charge >= 0.3 is 0 Å². The summed E-state index contributed by atoms with van der Waals surface area (Å²) >= 11 is 1.19. The highest BCUT2D eigenvalue weighted by atomic mass is 32.2. The van der Waals surface area contributed by atoms with E-state index in [4.69, 9.17) is 0 Å². The quantitative estimate of drug-likeness (QED) is 0.208. The maximum absolute atomic E-state index is 14.1. The summed E-state index contributed by atoms with van der Waals surface area (Å²) in [6.45, 7) is 3.99. The van der Waals surface area contributed by atoms with Gasteiger partial charge in [0.2, 0.25) is 0 Å². The molecule has 1 aliphatic carbocycles. The standard InChI is InChI=1S/C26H23FN4O4S/c1-26(2)11-18-21(19(32)12-26)20(14-7-5-8-16(10-14)31(34)35)22-23(28-18)29-25(30-24(22)33)36-13-15-6-3-4-9-17(15)27/h3-10,20H,11-13H2,1-2H3,(H2,28,29,30,33). The number of ketones is 1. The zero-order chi connectivity index (χ0) is 25.6. The average Bonchev–Trinajstić information content (AvgIpc) is 2.81. The number of Topliss-reactive ketones (excluding diaryl/α,β-unsaturated/α-hetero) is 1. The van der Waals surface area contributed by atoms with Gasteiger partial charge in [0.15, 0.2) is 10.9 Å². The van der Waals surface area contributed by atoms with Crippen LogP contribution in [0.1, 0.15) is 49.3 Å². The van der Waals surface area contributed by atoms with Gasteiger partial charge in [-0.25, -0.2) is 9.37 Å². The Balaban J connectivity index is 1.61. The first-order valence-corrected chi connectivity index (χ1v) is 12.4. The number of nitrogens with one attached hydrogen (secondary N) is 2. The number of carbonyl (C=O) groups excluding carboxylic acids is 1. The molecule has 8 nitrogen and oxygen atoms in total. The number of H-pyrrole nitrogens is 1. The SMILES string of the molecule is CC1(C)CC(=O)C2=C(C1)Nc1nc(SCc3ccccc3F)[nH]c(=O)c1C2c1cccc([N+](=O)[O-])c1. The van der Waals surface area contributed by atoms with Gasteiger partial charge in [-0.3, -0.25) is 19.7 Å². The van der Waals surface area contributed by atoms with Crippen LogP contribution in [0.25, 0.3) is 0 Å². The van der Waals surface area contributed by atoms with E-state index in [1.165, 1.54) is 30.0 Å². The van der Waals surface area contributed by atoms with Gasteiger partial charge in [-0.1, -0.05) is 55.9 Å². The Morgan fingerprint density at radius 2 is 1.94 bits per heavy atom. The Hall–Kier alpha value is -3.79. The highest BCUT2D eigenvalue weighted by Gasteiger charge is 2.42. The van der Waals surface area contributed by atoms with Gasteiger partial charge in [-0.05, 0) is 29.0 Å². The lowest BCUT2D eigenvalue weighted by Crippen LogP contribution is -2.37. The highest BCUT2D eigenvalue weighted by molar-refractivity contribution is 7.98. The lowest BCUT2D eigenvalue weighted by Gasteiger charge is -2.38. The monoisotopic (exact) mass is 506 g/mol. The van der Waals surface area contributed by atoms with E-state index in [1.54, 1.807) is 30.3 Å². The van der Waals surface area contributed by atoms with Crippen molar-refractivity contribution in [2.75, 3.05) is 5.32 Å². The molecule has 0 spiro atoms. The summed E-state index contributed by atoms with van der Waals surface area (Å²) in [6.07, 6.45) is 0.862. The third kappa shape index (κ3) is 4.44. The first kappa shape index (κ1) is 23.9. The summed E-state index contributed by atoms with van der Waals surface area (Å²) in [5.74, 6) is -0.667. The van der Waals surface area contributed by atoms with Crippen molar-refractivity contribution in [1.82, 2.24) is 9.97 Å². The number of nitro groups is 1. The van der Waals surface area contributed by atoms with Crippen LogP contribution in [-0.4, -0.2) is 20.7 Å². The van der Waals surface area contributed by atoms with Gasteiger partial charge in [0, 0.05) is 41.5 Å². The fraction of sp³-hybridized carbons (Fsp3) is 0.269. The second-order valence-corrected chi connectivity index (χ2v) is 10.7. The molecule has 0 amide bonds. The Bertz CT molecular complexity index is 1500. The third-order valence-corrected chi connectivity index (χ3v) is 7.36. The maximum atomic E-state index is 14.1. The van der Waals surface area contributed by atoms with E-state index in [9.17, 15) is 24.1 Å². The van der Waals surface area contributed by atoms with Gasteiger partial charge in [0.25, 0.3) is 11.2 Å². The number of nitrogens with zero attached hydrogens (tertiary/aromatic N) is 2. The zero-order valence-corrected chi connectivity index (χ0v) is 20.4. The van der Waals surface area contributed by atoms with Crippen molar-refractivity contribution in [2.45, 2.75) is 43.5 Å². The summed E-state index contributed by atoms with van der Waals surface area (Å²) in [5.41, 5.74) is 1.44. The molecule has 2 N–H and O–H groups in total. The molecule has 2 aliphatic rings. The minimum Gasteiger partial charge on any atom is -0.343 e. The van der Waals surface area contributed by atoms with Crippen molar-refractivity contribution >= 4 is 29.1 Å². The number of rotatable bonds is 5. The summed E-state index contributed by atoms with van der Waals surface area (Å²) in [7, 11) is 0. The molecule has 5 rings (SSSR count). The summed E-state index contributed by atoms with van der Waals surface area (Å²) in [6, 6.07) is 12.4. The molecule has 0 radical (unpaired) electrons. The number of benzene rings is 2. The number of halogens is 1. The second kappa shape index (κ2) is 9.02. The van der Waals surface area contributed by atoms with Crippen molar-refractivity contribution in [2.24, 2.45) is 5.41 Å².